The number of ether oxygens (including phenoxy) is 1. The SMILES string of the molecule is FC(F)(F)C(F)(F)C1(F)OC(Cl)(Cl)CC1(C(F)(F)F)C(F)(F)F. The molecule has 1 aliphatic heterocycles. The van der Waals surface area contributed by atoms with Crippen LogP contribution < -0.4 is 0 Å². The lowest BCUT2D eigenvalue weighted by molar-refractivity contribution is -0.463. The Bertz CT molecular complexity index is 463. The summed E-state index contributed by atoms with van der Waals surface area (Å²) in [5, 5.41) is 0. The predicted octanol–water partition coefficient (Wildman–Crippen LogP) is 5.51. The van der Waals surface area contributed by atoms with E-state index in [4.69, 9.17) is 23.2 Å². The quantitative estimate of drug-likeness (QED) is 0.407. The Morgan fingerprint density at radius 1 is 0.739 bits per heavy atom. The maximum absolute atomic E-state index is 14.1. The first-order valence-electron chi connectivity index (χ1n) is 5.01. The summed E-state index contributed by atoms with van der Waals surface area (Å²) in [6.45, 7) is 0. The van der Waals surface area contributed by atoms with Crippen molar-refractivity contribution in [2.24, 2.45) is 5.41 Å². The van der Waals surface area contributed by atoms with Gasteiger partial charge < -0.3 is 4.74 Å². The monoisotopic (exact) mass is 412 g/mol. The maximum atomic E-state index is 14.1. The molecule has 1 rings (SSSR count). The fourth-order valence-corrected chi connectivity index (χ4v) is 2.61. The summed E-state index contributed by atoms with van der Waals surface area (Å²) < 4.78 is 153. The average molecular weight is 413 g/mol. The van der Waals surface area contributed by atoms with Crippen molar-refractivity contribution in [3.63, 3.8) is 0 Å². The third-order valence-electron chi connectivity index (χ3n) is 3.04. The van der Waals surface area contributed by atoms with E-state index < -0.39 is 46.7 Å². The van der Waals surface area contributed by atoms with Crippen molar-refractivity contribution in [3.05, 3.63) is 0 Å². The summed E-state index contributed by atoms with van der Waals surface area (Å²) in [6, 6.07) is 0. The highest BCUT2D eigenvalue weighted by Gasteiger charge is 2.96. The maximum Gasteiger partial charge on any atom is 0.459 e. The summed E-state index contributed by atoms with van der Waals surface area (Å²) >= 11 is 9.41. The van der Waals surface area contributed by atoms with Crippen molar-refractivity contribution in [3.8, 4) is 0 Å². The summed E-state index contributed by atoms with van der Waals surface area (Å²) in [4.78, 5) is 0. The first-order valence-corrected chi connectivity index (χ1v) is 5.77. The van der Waals surface area contributed by atoms with Gasteiger partial charge in [0.15, 0.2) is 0 Å². The molecule has 0 aliphatic carbocycles. The topological polar surface area (TPSA) is 9.23 Å². The molecule has 0 bridgehead atoms. The van der Waals surface area contributed by atoms with E-state index >= 15 is 0 Å². The van der Waals surface area contributed by atoms with Gasteiger partial charge in [-0.15, -0.1) is 0 Å². The summed E-state index contributed by atoms with van der Waals surface area (Å²) in [5.74, 6) is -13.9. The summed E-state index contributed by atoms with van der Waals surface area (Å²) in [6.07, 6.45) is -24.1. The Kier molecular flexibility index (Phi) is 4.39. The van der Waals surface area contributed by atoms with Gasteiger partial charge in [0.25, 0.3) is 0 Å². The Morgan fingerprint density at radius 2 is 1.09 bits per heavy atom. The highest BCUT2D eigenvalue weighted by molar-refractivity contribution is 6.47. The molecule has 0 aromatic rings. The molecule has 138 valence electrons. The second-order valence-corrected chi connectivity index (χ2v) is 5.90. The number of halogens is 14. The van der Waals surface area contributed by atoms with Gasteiger partial charge >= 0.3 is 30.3 Å². The number of rotatable bonds is 1. The lowest BCUT2D eigenvalue weighted by atomic mass is 9.74. The zero-order chi connectivity index (χ0) is 18.9. The normalized spacial score (nSPS) is 29.0. The molecule has 15 heteroatoms. The molecule has 0 radical (unpaired) electrons. The van der Waals surface area contributed by atoms with E-state index in [-0.39, 0.29) is 0 Å². The molecule has 1 atom stereocenters. The van der Waals surface area contributed by atoms with E-state index in [1.807, 2.05) is 0 Å². The minimum absolute atomic E-state index is 2.95. The third-order valence-corrected chi connectivity index (χ3v) is 3.46. The Balaban J connectivity index is 3.86. The second-order valence-electron chi connectivity index (χ2n) is 4.48. The van der Waals surface area contributed by atoms with E-state index in [0.717, 1.165) is 0 Å². The van der Waals surface area contributed by atoms with Crippen LogP contribution in [0.4, 0.5) is 52.7 Å². The number of hydrogen-bond donors (Lipinski definition) is 0. The lowest BCUT2D eigenvalue weighted by Gasteiger charge is -2.43. The summed E-state index contributed by atoms with van der Waals surface area (Å²) in [5.41, 5.74) is -6.32. The second kappa shape index (κ2) is 4.87. The van der Waals surface area contributed by atoms with Crippen LogP contribution in [0.5, 0.6) is 0 Å². The molecule has 1 heterocycles. The van der Waals surface area contributed by atoms with Crippen molar-refractivity contribution in [2.45, 2.75) is 41.2 Å². The Morgan fingerprint density at radius 3 is 1.35 bits per heavy atom. The van der Waals surface area contributed by atoms with Gasteiger partial charge in [-0.1, -0.05) is 23.2 Å². The lowest BCUT2D eigenvalue weighted by Crippen LogP contribution is -2.70. The Hall–Kier alpha value is -0.300. The fraction of sp³-hybridized carbons (Fsp3) is 1.00. The third kappa shape index (κ3) is 2.62. The average Bonchev–Trinajstić information content (AvgIpc) is 2.43. The van der Waals surface area contributed by atoms with Gasteiger partial charge in [-0.3, -0.25) is 0 Å². The van der Waals surface area contributed by atoms with Gasteiger partial charge in [0, 0.05) is 6.42 Å². The molecule has 0 saturated carbocycles. The van der Waals surface area contributed by atoms with Gasteiger partial charge in [-0.25, -0.2) is 4.39 Å². The highest BCUT2D eigenvalue weighted by atomic mass is 35.5. The molecule has 0 spiro atoms. The van der Waals surface area contributed by atoms with Crippen LogP contribution in [0.2, 0.25) is 0 Å². The fourth-order valence-electron chi connectivity index (χ4n) is 1.99. The van der Waals surface area contributed by atoms with Crippen molar-refractivity contribution in [1.82, 2.24) is 0 Å². The molecule has 0 aromatic heterocycles. The van der Waals surface area contributed by atoms with Crippen LogP contribution >= 0.6 is 23.2 Å². The van der Waals surface area contributed by atoms with Gasteiger partial charge in [-0.05, 0) is 0 Å². The molecule has 1 fully saturated rings. The zero-order valence-electron chi connectivity index (χ0n) is 9.91. The Labute approximate surface area is 128 Å². The van der Waals surface area contributed by atoms with E-state index in [2.05, 4.69) is 4.74 Å². The molecular formula is C8H2Cl2F12O. The molecule has 23 heavy (non-hydrogen) atoms. The number of hydrogen-bond acceptors (Lipinski definition) is 1. The van der Waals surface area contributed by atoms with Gasteiger partial charge in [0.05, 0.1) is 0 Å². The van der Waals surface area contributed by atoms with E-state index in [9.17, 15) is 52.7 Å². The molecule has 0 N–H and O–H groups in total. The molecule has 1 nitrogen and oxygen atoms in total. The van der Waals surface area contributed by atoms with Crippen LogP contribution in [0.3, 0.4) is 0 Å². The van der Waals surface area contributed by atoms with Crippen molar-refractivity contribution in [2.75, 3.05) is 0 Å². The predicted molar refractivity (Wildman–Crippen MR) is 49.5 cm³/mol. The molecular weight excluding hydrogens is 411 g/mol. The van der Waals surface area contributed by atoms with Crippen LogP contribution in [-0.2, 0) is 4.74 Å². The van der Waals surface area contributed by atoms with E-state index in [1.54, 1.807) is 0 Å². The molecule has 1 unspecified atom stereocenters. The molecule has 1 saturated heterocycles. The van der Waals surface area contributed by atoms with E-state index in [0.29, 0.717) is 0 Å². The van der Waals surface area contributed by atoms with E-state index in [1.165, 1.54) is 0 Å². The molecule has 0 amide bonds. The van der Waals surface area contributed by atoms with Gasteiger partial charge in [0.1, 0.15) is 0 Å². The van der Waals surface area contributed by atoms with Crippen LogP contribution in [-0.4, -0.2) is 34.8 Å². The van der Waals surface area contributed by atoms with Crippen molar-refractivity contribution in [1.29, 1.82) is 0 Å². The largest absolute Gasteiger partial charge is 0.459 e. The minimum Gasteiger partial charge on any atom is -0.303 e. The highest BCUT2D eigenvalue weighted by Crippen LogP contribution is 2.73. The molecule has 1 aliphatic rings. The first-order chi connectivity index (χ1) is 9.66. The van der Waals surface area contributed by atoms with Crippen LogP contribution in [0, 0.1) is 5.41 Å². The first kappa shape index (κ1) is 20.7. The number of alkyl halides is 14. The summed E-state index contributed by atoms with van der Waals surface area (Å²) in [7, 11) is 0. The van der Waals surface area contributed by atoms with Crippen LogP contribution in [0.25, 0.3) is 0 Å². The minimum atomic E-state index is -7.24. The van der Waals surface area contributed by atoms with Gasteiger partial charge in [0.2, 0.25) is 9.93 Å². The van der Waals surface area contributed by atoms with Gasteiger partial charge in [-0.2, -0.15) is 48.3 Å². The molecule has 0 aromatic carbocycles. The zero-order valence-corrected chi connectivity index (χ0v) is 11.4. The van der Waals surface area contributed by atoms with Crippen molar-refractivity contribution < 1.29 is 57.4 Å². The standard InChI is InChI=1S/C8H2Cl2F12O/c9-3(10)1-2(6(14,15)16,7(17,18)19)5(13,23-3)4(11,12)8(20,21)22/h1H2. The van der Waals surface area contributed by atoms with Crippen molar-refractivity contribution >= 4 is 23.2 Å². The smallest absolute Gasteiger partial charge is 0.303 e. The van der Waals surface area contributed by atoms with Crippen LogP contribution in [0.15, 0.2) is 0 Å². The van der Waals surface area contributed by atoms with Crippen LogP contribution in [0.1, 0.15) is 6.42 Å².